The molecule has 0 bridgehead atoms. The first kappa shape index (κ1) is 13.0. The number of hydrogen-bond acceptors (Lipinski definition) is 2. The molecule has 2 aromatic rings. The second kappa shape index (κ2) is 4.96. The van der Waals surface area contributed by atoms with E-state index in [0.29, 0.717) is 17.9 Å². The molecule has 1 saturated carbocycles. The number of halogens is 1. The van der Waals surface area contributed by atoms with Gasteiger partial charge in [0, 0.05) is 5.02 Å². The summed E-state index contributed by atoms with van der Waals surface area (Å²) in [4.78, 5) is 0. The molecule has 1 aliphatic carbocycles. The van der Waals surface area contributed by atoms with Crippen LogP contribution in [-0.4, -0.2) is 0 Å². The molecule has 0 saturated heterocycles. The molecule has 3 heteroatoms. The first-order valence-corrected chi connectivity index (χ1v) is 8.02. The van der Waals surface area contributed by atoms with E-state index in [1.165, 1.54) is 30.4 Å². The summed E-state index contributed by atoms with van der Waals surface area (Å²) in [5.41, 5.74) is 10.9. The van der Waals surface area contributed by atoms with E-state index in [1.54, 1.807) is 0 Å². The van der Waals surface area contributed by atoms with Crippen molar-refractivity contribution in [2.24, 2.45) is 5.92 Å². The third-order valence-electron chi connectivity index (χ3n) is 5.05. The maximum absolute atomic E-state index is 6.20. The summed E-state index contributed by atoms with van der Waals surface area (Å²) >= 11 is 6.03. The molecule has 4 rings (SSSR count). The number of benzene rings is 2. The molecule has 108 valence electrons. The SMILES string of the molecule is Nc1cccc2c1N[C@H](c1ccc(Cl)cc1)[C@@H]1CCC[C@H]21. The number of fused-ring (bicyclic) bond motifs is 3. The fourth-order valence-corrected chi connectivity index (χ4v) is 4.23. The number of anilines is 2. The van der Waals surface area contributed by atoms with Crippen molar-refractivity contribution in [2.45, 2.75) is 31.2 Å². The van der Waals surface area contributed by atoms with Crippen LogP contribution < -0.4 is 11.1 Å². The van der Waals surface area contributed by atoms with Gasteiger partial charge >= 0.3 is 0 Å². The van der Waals surface area contributed by atoms with Crippen molar-refractivity contribution in [3.63, 3.8) is 0 Å². The van der Waals surface area contributed by atoms with E-state index < -0.39 is 0 Å². The molecule has 21 heavy (non-hydrogen) atoms. The van der Waals surface area contributed by atoms with Gasteiger partial charge in [-0.15, -0.1) is 0 Å². The standard InChI is InChI=1S/C18H19ClN2/c19-12-9-7-11(8-10-12)17-14-4-1-3-13(14)15-5-2-6-16(20)18(15)21-17/h2,5-10,13-14,17,21H,1,3-4,20H2/t13-,14+,17+/m0/s1. The molecule has 3 N–H and O–H groups in total. The zero-order chi connectivity index (χ0) is 14.4. The maximum atomic E-state index is 6.20. The van der Waals surface area contributed by atoms with E-state index in [0.717, 1.165) is 16.4 Å². The van der Waals surface area contributed by atoms with E-state index in [1.807, 2.05) is 18.2 Å². The summed E-state index contributed by atoms with van der Waals surface area (Å²) in [5.74, 6) is 1.28. The number of para-hydroxylation sites is 1. The molecule has 0 radical (unpaired) electrons. The smallest absolute Gasteiger partial charge is 0.0614 e. The second-order valence-electron chi connectivity index (χ2n) is 6.19. The zero-order valence-corrected chi connectivity index (χ0v) is 12.6. The van der Waals surface area contributed by atoms with Gasteiger partial charge in [-0.1, -0.05) is 42.3 Å². The summed E-state index contributed by atoms with van der Waals surface area (Å²) < 4.78 is 0. The highest BCUT2D eigenvalue weighted by Crippen LogP contribution is 2.53. The van der Waals surface area contributed by atoms with Crippen LogP contribution in [0.5, 0.6) is 0 Å². The van der Waals surface area contributed by atoms with Gasteiger partial charge in [0.2, 0.25) is 0 Å². The summed E-state index contributed by atoms with van der Waals surface area (Å²) in [6, 6.07) is 14.9. The summed E-state index contributed by atoms with van der Waals surface area (Å²) in [6.45, 7) is 0. The highest BCUT2D eigenvalue weighted by atomic mass is 35.5. The molecule has 0 aromatic heterocycles. The van der Waals surface area contributed by atoms with Gasteiger partial charge in [-0.25, -0.2) is 0 Å². The average Bonchev–Trinajstić information content (AvgIpc) is 2.98. The van der Waals surface area contributed by atoms with Gasteiger partial charge in [-0.2, -0.15) is 0 Å². The lowest BCUT2D eigenvalue weighted by Crippen LogP contribution is -2.29. The minimum atomic E-state index is 0.340. The Balaban J connectivity index is 1.79. The van der Waals surface area contributed by atoms with Crippen molar-refractivity contribution in [2.75, 3.05) is 11.1 Å². The summed E-state index contributed by atoms with van der Waals surface area (Å²) in [6.07, 6.45) is 3.85. The molecular weight excluding hydrogens is 280 g/mol. The number of nitrogens with two attached hydrogens (primary N) is 1. The Morgan fingerprint density at radius 1 is 1.05 bits per heavy atom. The van der Waals surface area contributed by atoms with Gasteiger partial charge in [-0.3, -0.25) is 0 Å². The lowest BCUT2D eigenvalue weighted by Gasteiger charge is -2.38. The lowest BCUT2D eigenvalue weighted by molar-refractivity contribution is 0.406. The maximum Gasteiger partial charge on any atom is 0.0614 e. The Hall–Kier alpha value is -1.67. The van der Waals surface area contributed by atoms with Crippen LogP contribution in [0.1, 0.15) is 42.3 Å². The first-order chi connectivity index (χ1) is 10.2. The predicted molar refractivity (Wildman–Crippen MR) is 88.8 cm³/mol. The van der Waals surface area contributed by atoms with Crippen LogP contribution in [0.15, 0.2) is 42.5 Å². The van der Waals surface area contributed by atoms with Crippen LogP contribution in [0.2, 0.25) is 5.02 Å². The normalized spacial score (nSPS) is 26.8. The lowest BCUT2D eigenvalue weighted by atomic mass is 9.77. The topological polar surface area (TPSA) is 38.0 Å². The number of nitrogen functional groups attached to an aromatic ring is 1. The predicted octanol–water partition coefficient (Wildman–Crippen LogP) is 4.97. The first-order valence-electron chi connectivity index (χ1n) is 7.64. The molecule has 2 nitrogen and oxygen atoms in total. The largest absolute Gasteiger partial charge is 0.397 e. The Labute approximate surface area is 130 Å². The molecule has 0 spiro atoms. The van der Waals surface area contributed by atoms with Crippen molar-refractivity contribution >= 4 is 23.0 Å². The van der Waals surface area contributed by atoms with Crippen LogP contribution in [0.3, 0.4) is 0 Å². The quantitative estimate of drug-likeness (QED) is 0.729. The van der Waals surface area contributed by atoms with Crippen molar-refractivity contribution in [1.29, 1.82) is 0 Å². The molecule has 0 unspecified atom stereocenters. The van der Waals surface area contributed by atoms with Crippen molar-refractivity contribution in [1.82, 2.24) is 0 Å². The van der Waals surface area contributed by atoms with E-state index in [9.17, 15) is 0 Å². The molecule has 0 amide bonds. The van der Waals surface area contributed by atoms with E-state index >= 15 is 0 Å². The minimum absolute atomic E-state index is 0.340. The molecule has 1 heterocycles. The zero-order valence-electron chi connectivity index (χ0n) is 11.9. The van der Waals surface area contributed by atoms with Crippen molar-refractivity contribution in [3.05, 3.63) is 58.6 Å². The molecule has 2 aliphatic rings. The third-order valence-corrected chi connectivity index (χ3v) is 5.31. The fourth-order valence-electron chi connectivity index (χ4n) is 4.10. The van der Waals surface area contributed by atoms with Crippen LogP contribution in [-0.2, 0) is 0 Å². The fraction of sp³-hybridized carbons (Fsp3) is 0.333. The van der Waals surface area contributed by atoms with Gasteiger partial charge in [0.25, 0.3) is 0 Å². The highest BCUT2D eigenvalue weighted by Gasteiger charge is 2.40. The van der Waals surface area contributed by atoms with E-state index in [-0.39, 0.29) is 0 Å². The van der Waals surface area contributed by atoms with Crippen molar-refractivity contribution < 1.29 is 0 Å². The van der Waals surface area contributed by atoms with Crippen LogP contribution in [0, 0.1) is 5.92 Å². The highest BCUT2D eigenvalue weighted by molar-refractivity contribution is 6.30. The third kappa shape index (κ3) is 2.09. The monoisotopic (exact) mass is 298 g/mol. The van der Waals surface area contributed by atoms with Crippen molar-refractivity contribution in [3.8, 4) is 0 Å². The minimum Gasteiger partial charge on any atom is -0.397 e. The summed E-state index contributed by atoms with van der Waals surface area (Å²) in [5, 5.41) is 4.49. The molecule has 1 fully saturated rings. The van der Waals surface area contributed by atoms with Gasteiger partial charge in [-0.05, 0) is 54.0 Å². The molecule has 2 aromatic carbocycles. The van der Waals surface area contributed by atoms with Crippen LogP contribution in [0.25, 0.3) is 0 Å². The van der Waals surface area contributed by atoms with E-state index in [2.05, 4.69) is 29.6 Å². The molecule has 1 aliphatic heterocycles. The Bertz CT molecular complexity index is 665. The van der Waals surface area contributed by atoms with Crippen LogP contribution >= 0.6 is 11.6 Å². The van der Waals surface area contributed by atoms with E-state index in [4.69, 9.17) is 17.3 Å². The average molecular weight is 299 g/mol. The number of hydrogen-bond donors (Lipinski definition) is 2. The molecular formula is C18H19ClN2. The number of nitrogens with one attached hydrogen (secondary N) is 1. The van der Waals surface area contributed by atoms with Gasteiger partial charge in [0.15, 0.2) is 0 Å². The van der Waals surface area contributed by atoms with Gasteiger partial charge in [0.1, 0.15) is 0 Å². The Kier molecular flexibility index (Phi) is 3.07. The van der Waals surface area contributed by atoms with Gasteiger partial charge in [0.05, 0.1) is 17.4 Å². The Morgan fingerprint density at radius 3 is 2.67 bits per heavy atom. The number of rotatable bonds is 1. The van der Waals surface area contributed by atoms with Crippen LogP contribution in [0.4, 0.5) is 11.4 Å². The Morgan fingerprint density at radius 2 is 1.86 bits per heavy atom. The summed E-state index contributed by atoms with van der Waals surface area (Å²) in [7, 11) is 0. The molecule has 3 atom stereocenters. The van der Waals surface area contributed by atoms with Gasteiger partial charge < -0.3 is 11.1 Å². The second-order valence-corrected chi connectivity index (χ2v) is 6.62.